The number of rotatable bonds is 6. The number of nitrogens with one attached hydrogen (secondary N) is 2. The van der Waals surface area contributed by atoms with Crippen LogP contribution in [0.1, 0.15) is 50.4 Å². The Morgan fingerprint density at radius 3 is 2.87 bits per heavy atom. The van der Waals surface area contributed by atoms with Crippen LogP contribution < -0.4 is 5.32 Å². The summed E-state index contributed by atoms with van der Waals surface area (Å²) in [4.78, 5) is 22.2. The zero-order valence-electron chi connectivity index (χ0n) is 17.2. The van der Waals surface area contributed by atoms with Gasteiger partial charge in [-0.25, -0.2) is 19.9 Å². The molecule has 4 heterocycles. The van der Waals surface area contributed by atoms with E-state index < -0.39 is 0 Å². The van der Waals surface area contributed by atoms with E-state index in [0.29, 0.717) is 5.16 Å². The number of halogens is 1. The molecule has 1 aliphatic carbocycles. The van der Waals surface area contributed by atoms with E-state index in [-0.39, 0.29) is 0 Å². The topological polar surface area (TPSA) is 79.4 Å². The lowest BCUT2D eigenvalue weighted by Gasteiger charge is -2.31. The maximum atomic E-state index is 6.72. The van der Waals surface area contributed by atoms with E-state index in [2.05, 4.69) is 27.2 Å². The monoisotopic (exact) mass is 442 g/mol. The largest absolute Gasteiger partial charge is 0.342 e. The van der Waals surface area contributed by atoms with E-state index in [1.807, 2.05) is 0 Å². The van der Waals surface area contributed by atoms with E-state index >= 15 is 0 Å². The SMILES string of the molecule is CCc1[nH]c2nc(Sc3cncnc3)nc(CCC3CCC4CCNC4C3)c2c1Cl. The van der Waals surface area contributed by atoms with Gasteiger partial charge in [0.05, 0.1) is 21.0 Å². The van der Waals surface area contributed by atoms with Crippen molar-refractivity contribution >= 4 is 34.4 Å². The molecule has 158 valence electrons. The van der Waals surface area contributed by atoms with Gasteiger partial charge in [-0.05, 0) is 68.7 Å². The molecule has 1 saturated heterocycles. The quantitative estimate of drug-likeness (QED) is 0.532. The molecule has 2 fully saturated rings. The van der Waals surface area contributed by atoms with Crippen LogP contribution in [0.2, 0.25) is 5.02 Å². The fraction of sp³-hybridized carbons (Fsp3) is 0.545. The number of fused-ring (bicyclic) bond motifs is 2. The molecule has 1 saturated carbocycles. The normalized spacial score (nSPS) is 23.7. The molecule has 2 aliphatic rings. The first-order valence-corrected chi connectivity index (χ1v) is 12.1. The second-order valence-corrected chi connectivity index (χ2v) is 9.87. The van der Waals surface area contributed by atoms with E-state index in [0.717, 1.165) is 69.5 Å². The third-order valence-corrected chi connectivity index (χ3v) is 7.86. The Morgan fingerprint density at radius 2 is 2.03 bits per heavy atom. The van der Waals surface area contributed by atoms with Crippen molar-refractivity contribution in [1.82, 2.24) is 30.2 Å². The molecule has 0 radical (unpaired) electrons. The Balaban J connectivity index is 1.40. The van der Waals surface area contributed by atoms with Gasteiger partial charge in [0.15, 0.2) is 5.16 Å². The summed E-state index contributed by atoms with van der Waals surface area (Å²) in [6.07, 6.45) is 13.4. The number of nitrogens with zero attached hydrogens (tertiary/aromatic N) is 4. The van der Waals surface area contributed by atoms with Gasteiger partial charge in [-0.2, -0.15) is 0 Å². The predicted octanol–water partition coefficient (Wildman–Crippen LogP) is 4.83. The zero-order valence-corrected chi connectivity index (χ0v) is 18.8. The van der Waals surface area contributed by atoms with Gasteiger partial charge in [0.25, 0.3) is 0 Å². The molecular formula is C22H27ClN6S. The lowest BCUT2D eigenvalue weighted by molar-refractivity contribution is 0.238. The molecule has 6 nitrogen and oxygen atoms in total. The molecule has 0 aromatic carbocycles. The lowest BCUT2D eigenvalue weighted by Crippen LogP contribution is -2.33. The predicted molar refractivity (Wildman–Crippen MR) is 120 cm³/mol. The van der Waals surface area contributed by atoms with Crippen molar-refractivity contribution in [1.29, 1.82) is 0 Å². The van der Waals surface area contributed by atoms with E-state index in [4.69, 9.17) is 21.6 Å². The minimum absolute atomic E-state index is 0.717. The van der Waals surface area contributed by atoms with E-state index in [1.54, 1.807) is 12.4 Å². The molecule has 1 aliphatic heterocycles. The second-order valence-electron chi connectivity index (χ2n) is 8.45. The first kappa shape index (κ1) is 20.2. The highest BCUT2D eigenvalue weighted by atomic mass is 35.5. The van der Waals surface area contributed by atoms with Crippen molar-refractivity contribution in [2.45, 2.75) is 68.0 Å². The molecule has 3 atom stereocenters. The minimum atomic E-state index is 0.717. The summed E-state index contributed by atoms with van der Waals surface area (Å²) in [6, 6.07) is 0.723. The van der Waals surface area contributed by atoms with Crippen LogP contribution in [0.5, 0.6) is 0 Å². The molecule has 8 heteroatoms. The smallest absolute Gasteiger partial charge is 0.194 e. The molecular weight excluding hydrogens is 416 g/mol. The van der Waals surface area contributed by atoms with Crippen LogP contribution in [0.25, 0.3) is 11.0 Å². The van der Waals surface area contributed by atoms with Gasteiger partial charge in [-0.3, -0.25) is 0 Å². The summed E-state index contributed by atoms with van der Waals surface area (Å²) in [5, 5.41) is 6.20. The Hall–Kier alpha value is -1.70. The van der Waals surface area contributed by atoms with Crippen molar-refractivity contribution < 1.29 is 0 Å². The van der Waals surface area contributed by atoms with Gasteiger partial charge in [0.2, 0.25) is 0 Å². The highest BCUT2D eigenvalue weighted by molar-refractivity contribution is 7.99. The van der Waals surface area contributed by atoms with Crippen LogP contribution in [0.3, 0.4) is 0 Å². The summed E-state index contributed by atoms with van der Waals surface area (Å²) in [5.41, 5.74) is 2.92. The van der Waals surface area contributed by atoms with Crippen LogP contribution in [-0.2, 0) is 12.8 Å². The molecule has 0 spiro atoms. The average Bonchev–Trinajstić information content (AvgIpc) is 3.36. The lowest BCUT2D eigenvalue weighted by atomic mass is 9.77. The van der Waals surface area contributed by atoms with E-state index in [1.165, 1.54) is 50.3 Å². The third kappa shape index (κ3) is 4.07. The number of aromatic nitrogens is 5. The first-order chi connectivity index (χ1) is 14.7. The van der Waals surface area contributed by atoms with Crippen LogP contribution in [0.4, 0.5) is 0 Å². The molecule has 2 N–H and O–H groups in total. The summed E-state index contributed by atoms with van der Waals surface area (Å²) in [6.45, 7) is 3.30. The molecule has 0 amide bonds. The fourth-order valence-electron chi connectivity index (χ4n) is 5.04. The summed E-state index contributed by atoms with van der Waals surface area (Å²) in [5.74, 6) is 1.65. The Kier molecular flexibility index (Phi) is 5.94. The van der Waals surface area contributed by atoms with Gasteiger partial charge in [0.1, 0.15) is 12.0 Å². The van der Waals surface area contributed by atoms with Crippen molar-refractivity contribution in [3.8, 4) is 0 Å². The summed E-state index contributed by atoms with van der Waals surface area (Å²) in [7, 11) is 0. The second kappa shape index (κ2) is 8.81. The molecule has 3 aromatic rings. The fourth-order valence-corrected chi connectivity index (χ4v) is 6.15. The molecule has 5 rings (SSSR count). The first-order valence-electron chi connectivity index (χ1n) is 10.9. The van der Waals surface area contributed by atoms with Crippen LogP contribution in [0, 0.1) is 11.8 Å². The van der Waals surface area contributed by atoms with Crippen LogP contribution in [0.15, 0.2) is 28.8 Å². The van der Waals surface area contributed by atoms with Crippen molar-refractivity contribution in [3.63, 3.8) is 0 Å². The van der Waals surface area contributed by atoms with Gasteiger partial charge in [-0.15, -0.1) is 0 Å². The minimum Gasteiger partial charge on any atom is -0.342 e. The van der Waals surface area contributed by atoms with Crippen molar-refractivity contribution in [2.75, 3.05) is 6.54 Å². The maximum Gasteiger partial charge on any atom is 0.194 e. The Morgan fingerprint density at radius 1 is 1.17 bits per heavy atom. The average molecular weight is 443 g/mol. The van der Waals surface area contributed by atoms with Gasteiger partial charge >= 0.3 is 0 Å². The van der Waals surface area contributed by atoms with Crippen LogP contribution in [-0.4, -0.2) is 37.5 Å². The summed E-state index contributed by atoms with van der Waals surface area (Å²) >= 11 is 8.21. The van der Waals surface area contributed by atoms with Gasteiger partial charge in [-0.1, -0.05) is 24.9 Å². The number of hydrogen-bond donors (Lipinski definition) is 2. The molecule has 3 unspecified atom stereocenters. The number of H-pyrrole nitrogens is 1. The van der Waals surface area contributed by atoms with Crippen molar-refractivity contribution in [3.05, 3.63) is 35.1 Å². The van der Waals surface area contributed by atoms with Gasteiger partial charge < -0.3 is 10.3 Å². The Labute approximate surface area is 186 Å². The van der Waals surface area contributed by atoms with Crippen LogP contribution >= 0.6 is 23.4 Å². The third-order valence-electron chi connectivity index (χ3n) is 6.63. The Bertz CT molecular complexity index is 1020. The number of aromatic amines is 1. The number of hydrogen-bond acceptors (Lipinski definition) is 6. The van der Waals surface area contributed by atoms with Crippen molar-refractivity contribution in [2.24, 2.45) is 11.8 Å². The zero-order chi connectivity index (χ0) is 20.5. The molecule has 0 bridgehead atoms. The van der Waals surface area contributed by atoms with E-state index in [9.17, 15) is 0 Å². The highest BCUT2D eigenvalue weighted by Crippen LogP contribution is 2.37. The van der Waals surface area contributed by atoms with Gasteiger partial charge in [0, 0.05) is 24.1 Å². The summed E-state index contributed by atoms with van der Waals surface area (Å²) < 4.78 is 0. The highest BCUT2D eigenvalue weighted by Gasteiger charge is 2.33. The molecule has 30 heavy (non-hydrogen) atoms. The maximum absolute atomic E-state index is 6.72. The molecule has 3 aromatic heterocycles. The standard InChI is InChI=1S/C22H27ClN6S/c1-2-16-20(23)19-17(6-4-13-3-5-14-7-8-26-18(14)9-13)28-22(29-21(19)27-16)30-15-10-24-12-25-11-15/h10-14,18,26H,2-9H2,1H3,(H,27,28,29). The number of aryl methyl sites for hydroxylation is 2.